The Labute approximate surface area is 337 Å². The van der Waals surface area contributed by atoms with Gasteiger partial charge in [-0.25, -0.2) is 31.0 Å². The van der Waals surface area contributed by atoms with Crippen molar-refractivity contribution in [2.75, 3.05) is 24.2 Å². The summed E-state index contributed by atoms with van der Waals surface area (Å²) in [4.78, 5) is 18.8. The number of hydrogen-bond donors (Lipinski definition) is 3. The first-order valence-corrected chi connectivity index (χ1v) is 20.6. The van der Waals surface area contributed by atoms with E-state index in [9.17, 15) is 35.9 Å². The van der Waals surface area contributed by atoms with Crippen molar-refractivity contribution >= 4 is 44.3 Å². The standard InChI is InChI=1S/C39H34ClF6N7O5S/c1-52-34-24(5-6-27(40)31(34)37(50-52)51-59(2,56)57)23-4-3-22(7-8-38(55)9-11-58-12-10-38)47-32(23)28(15-19-13-20(41)16-21(42)14-19)48-29(54)18-53-35-30(33(49-53)36(43)44)25-17-26(25)39(35,45)46/h3-6,13-14,16,25-26,28,36,55H,9-12,15,17-18H2,1-2H3,(H,48,54)(H,50,51)/t25-,26?,28-/m0/s1. The highest BCUT2D eigenvalue weighted by atomic mass is 35.5. The van der Waals surface area contributed by atoms with Crippen LogP contribution in [-0.2, 0) is 45.5 Å². The Balaban J connectivity index is 1.28. The predicted octanol–water partition coefficient (Wildman–Crippen LogP) is 6.27. The average molecular weight is 862 g/mol. The number of halogens is 7. The molecular weight excluding hydrogens is 828 g/mol. The molecule has 2 aliphatic carbocycles. The molecule has 0 radical (unpaired) electrons. The minimum absolute atomic E-state index is 0.0170. The van der Waals surface area contributed by atoms with Crippen molar-refractivity contribution in [2.24, 2.45) is 13.0 Å². The normalized spacial score (nSPS) is 19.5. The number of ether oxygens (including phenoxy) is 1. The fourth-order valence-corrected chi connectivity index (χ4v) is 8.76. The fourth-order valence-electron chi connectivity index (χ4n) is 8.03. The first-order chi connectivity index (χ1) is 27.8. The Kier molecular flexibility index (Phi) is 10.2. The fraction of sp³-hybridized carbons (Fsp3) is 0.385. The van der Waals surface area contributed by atoms with Crippen LogP contribution in [0.1, 0.15) is 71.6 Å². The number of rotatable bonds is 10. The monoisotopic (exact) mass is 861 g/mol. The smallest absolute Gasteiger partial charge is 0.293 e. The van der Waals surface area contributed by atoms with E-state index in [0.717, 1.165) is 18.4 Å². The van der Waals surface area contributed by atoms with E-state index in [1.165, 1.54) is 23.9 Å². The van der Waals surface area contributed by atoms with Gasteiger partial charge in [0.2, 0.25) is 15.9 Å². The van der Waals surface area contributed by atoms with Crippen molar-refractivity contribution in [1.29, 1.82) is 0 Å². The van der Waals surface area contributed by atoms with Crippen molar-refractivity contribution in [3.63, 3.8) is 0 Å². The second kappa shape index (κ2) is 14.8. The maximum atomic E-state index is 15.4. The number of aromatic nitrogens is 5. The van der Waals surface area contributed by atoms with Gasteiger partial charge in [0.1, 0.15) is 40.9 Å². The molecular formula is C39H34ClF6N7O5S. The number of sulfonamides is 1. The average Bonchev–Trinajstić information content (AvgIpc) is 3.69. The molecule has 12 nitrogen and oxygen atoms in total. The molecule has 2 fully saturated rings. The van der Waals surface area contributed by atoms with Crippen LogP contribution in [0.25, 0.3) is 22.0 Å². The van der Waals surface area contributed by atoms with E-state index in [1.54, 1.807) is 12.1 Å². The molecule has 1 saturated heterocycles. The molecule has 1 aliphatic heterocycles. The van der Waals surface area contributed by atoms with Gasteiger partial charge in [-0.3, -0.25) is 18.9 Å². The van der Waals surface area contributed by atoms with Crippen LogP contribution in [0, 0.1) is 29.4 Å². The molecule has 0 bridgehead atoms. The van der Waals surface area contributed by atoms with E-state index >= 15 is 8.78 Å². The van der Waals surface area contributed by atoms with Crippen molar-refractivity contribution in [1.82, 2.24) is 29.9 Å². The van der Waals surface area contributed by atoms with Crippen molar-refractivity contribution < 1.29 is 49.4 Å². The van der Waals surface area contributed by atoms with Crippen LogP contribution in [0.5, 0.6) is 0 Å². The summed E-state index contributed by atoms with van der Waals surface area (Å²) in [5, 5.41) is 22.2. The van der Waals surface area contributed by atoms with Gasteiger partial charge in [0, 0.05) is 48.6 Å². The summed E-state index contributed by atoms with van der Waals surface area (Å²) in [6.07, 6.45) is -2.14. The highest BCUT2D eigenvalue weighted by molar-refractivity contribution is 7.92. The second-order valence-electron chi connectivity index (χ2n) is 15.0. The number of anilines is 1. The molecule has 3 N–H and O–H groups in total. The minimum atomic E-state index is -3.84. The third-order valence-electron chi connectivity index (χ3n) is 10.7. The van der Waals surface area contributed by atoms with Crippen LogP contribution >= 0.6 is 11.6 Å². The number of alkyl halides is 4. The topological polar surface area (TPSA) is 153 Å². The molecule has 1 saturated carbocycles. The molecule has 1 amide bonds. The van der Waals surface area contributed by atoms with Gasteiger partial charge in [0.25, 0.3) is 12.3 Å². The SMILES string of the molecule is Cn1nc(NS(C)(=O)=O)c2c(Cl)ccc(-c3ccc(C#CC4(O)CCOCC4)nc3[C@H](Cc3cc(F)cc(F)c3)NC(=O)Cn3nc(C(F)F)c4c3C(F)(F)C3C[C@H]43)c21. The zero-order valence-corrected chi connectivity index (χ0v) is 32.7. The number of aryl methyl sites for hydroxylation is 1. The van der Waals surface area contributed by atoms with Gasteiger partial charge in [-0.05, 0) is 60.6 Å². The van der Waals surface area contributed by atoms with E-state index in [1.807, 2.05) is 0 Å². The maximum Gasteiger partial charge on any atom is 0.293 e. The molecule has 1 unspecified atom stereocenters. The van der Waals surface area contributed by atoms with Crippen LogP contribution in [0.15, 0.2) is 42.5 Å². The summed E-state index contributed by atoms with van der Waals surface area (Å²) in [5.74, 6) is -2.73. The molecule has 20 heteroatoms. The Morgan fingerprint density at radius 2 is 1.76 bits per heavy atom. The lowest BCUT2D eigenvalue weighted by molar-refractivity contribution is -0.123. The largest absolute Gasteiger partial charge is 0.381 e. The molecule has 0 spiro atoms. The number of nitrogens with one attached hydrogen (secondary N) is 2. The van der Waals surface area contributed by atoms with Crippen LogP contribution in [-0.4, -0.2) is 69.0 Å². The lowest BCUT2D eigenvalue weighted by atomic mass is 9.93. The van der Waals surface area contributed by atoms with Gasteiger partial charge in [-0.15, -0.1) is 0 Å². The molecule has 3 aromatic heterocycles. The third-order valence-corrected chi connectivity index (χ3v) is 11.5. The van der Waals surface area contributed by atoms with Gasteiger partial charge in [-0.2, -0.15) is 19.0 Å². The van der Waals surface area contributed by atoms with Gasteiger partial charge in [-0.1, -0.05) is 23.6 Å². The van der Waals surface area contributed by atoms with E-state index < -0.39 is 81.3 Å². The Hall–Kier alpha value is -5.16. The number of amides is 1. The van der Waals surface area contributed by atoms with Crippen molar-refractivity contribution in [3.8, 4) is 23.0 Å². The molecule has 3 atom stereocenters. The summed E-state index contributed by atoms with van der Waals surface area (Å²) in [6.45, 7) is -0.393. The van der Waals surface area contributed by atoms with Crippen LogP contribution < -0.4 is 10.0 Å². The lowest BCUT2D eigenvalue weighted by Crippen LogP contribution is -2.35. The number of benzene rings is 2. The van der Waals surface area contributed by atoms with Crippen LogP contribution in [0.4, 0.5) is 32.2 Å². The number of fused-ring (bicyclic) bond motifs is 4. The summed E-state index contributed by atoms with van der Waals surface area (Å²) < 4.78 is 122. The summed E-state index contributed by atoms with van der Waals surface area (Å²) in [7, 11) is -2.31. The van der Waals surface area contributed by atoms with E-state index in [0.29, 0.717) is 21.8 Å². The van der Waals surface area contributed by atoms with Gasteiger partial charge in [0.15, 0.2) is 5.82 Å². The molecule has 3 aliphatic rings. The zero-order valence-electron chi connectivity index (χ0n) is 31.2. The van der Waals surface area contributed by atoms with E-state index in [-0.39, 0.29) is 83.2 Å². The van der Waals surface area contributed by atoms with Crippen LogP contribution in [0.3, 0.4) is 0 Å². The summed E-state index contributed by atoms with van der Waals surface area (Å²) >= 11 is 6.60. The molecule has 8 rings (SSSR count). The lowest BCUT2D eigenvalue weighted by Gasteiger charge is -2.26. The number of pyridine rings is 1. The molecule has 5 aromatic rings. The first kappa shape index (κ1) is 40.6. The highest BCUT2D eigenvalue weighted by Gasteiger charge is 2.67. The number of hydrogen-bond acceptors (Lipinski definition) is 8. The third kappa shape index (κ3) is 7.86. The molecule has 59 heavy (non-hydrogen) atoms. The van der Waals surface area contributed by atoms with Gasteiger partial charge >= 0.3 is 0 Å². The Bertz CT molecular complexity index is 2690. The van der Waals surface area contributed by atoms with E-state index in [4.69, 9.17) is 21.3 Å². The maximum absolute atomic E-state index is 15.4. The minimum Gasteiger partial charge on any atom is -0.381 e. The number of carbonyl (C=O) groups excluding carboxylic acids is 1. The quantitative estimate of drug-likeness (QED) is 0.110. The van der Waals surface area contributed by atoms with Crippen molar-refractivity contribution in [2.45, 2.75) is 62.1 Å². The highest BCUT2D eigenvalue weighted by Crippen LogP contribution is 2.68. The number of carbonyl (C=O) groups is 1. The Morgan fingerprint density at radius 1 is 1.07 bits per heavy atom. The molecule has 310 valence electrons. The first-order valence-electron chi connectivity index (χ1n) is 18.3. The van der Waals surface area contributed by atoms with Gasteiger partial charge < -0.3 is 15.2 Å². The molecule has 2 aromatic carbocycles. The predicted molar refractivity (Wildman–Crippen MR) is 202 cm³/mol. The summed E-state index contributed by atoms with van der Waals surface area (Å²) in [5.41, 5.74) is -2.16. The zero-order chi connectivity index (χ0) is 42.2. The number of nitrogens with zero attached hydrogens (tertiary/aromatic N) is 5. The van der Waals surface area contributed by atoms with E-state index in [2.05, 4.69) is 32.1 Å². The Morgan fingerprint density at radius 3 is 2.44 bits per heavy atom. The summed E-state index contributed by atoms with van der Waals surface area (Å²) in [6, 6.07) is 7.54. The molecule has 4 heterocycles. The van der Waals surface area contributed by atoms with Crippen molar-refractivity contribution in [3.05, 3.63) is 93.0 Å². The van der Waals surface area contributed by atoms with Gasteiger partial charge in [0.05, 0.1) is 47.1 Å². The second-order valence-corrected chi connectivity index (χ2v) is 17.1. The van der Waals surface area contributed by atoms with Crippen LogP contribution in [0.2, 0.25) is 5.02 Å². The number of aliphatic hydroxyl groups is 1.